The summed E-state index contributed by atoms with van der Waals surface area (Å²) in [5.74, 6) is -0.494. The van der Waals surface area contributed by atoms with Gasteiger partial charge in [0, 0.05) is 31.0 Å². The van der Waals surface area contributed by atoms with E-state index in [0.29, 0.717) is 28.0 Å². The molecule has 10 heteroatoms. The number of anilines is 2. The van der Waals surface area contributed by atoms with Crippen molar-refractivity contribution < 1.29 is 9.18 Å². The van der Waals surface area contributed by atoms with Crippen molar-refractivity contribution >= 4 is 28.3 Å². The van der Waals surface area contributed by atoms with Crippen LogP contribution in [0.5, 0.6) is 0 Å². The van der Waals surface area contributed by atoms with E-state index in [2.05, 4.69) is 20.4 Å². The van der Waals surface area contributed by atoms with Gasteiger partial charge in [0.15, 0.2) is 5.82 Å². The molecule has 0 radical (unpaired) electrons. The molecule has 3 aromatic rings. The van der Waals surface area contributed by atoms with Crippen LogP contribution in [-0.2, 0) is 6.54 Å². The molecule has 3 heterocycles. The Bertz CT molecular complexity index is 1170. The van der Waals surface area contributed by atoms with Crippen molar-refractivity contribution in [3.63, 3.8) is 0 Å². The zero-order chi connectivity index (χ0) is 24.4. The van der Waals surface area contributed by atoms with Crippen LogP contribution in [0.1, 0.15) is 48.9 Å². The largest absolute Gasteiger partial charge is 0.366 e. The highest BCUT2D eigenvalue weighted by atomic mass is 19.1. The van der Waals surface area contributed by atoms with Crippen molar-refractivity contribution in [2.45, 2.75) is 57.2 Å². The van der Waals surface area contributed by atoms with Gasteiger partial charge in [-0.25, -0.2) is 14.8 Å². The summed E-state index contributed by atoms with van der Waals surface area (Å²) >= 11 is 0. The van der Waals surface area contributed by atoms with Gasteiger partial charge in [-0.15, -0.1) is 0 Å². The van der Waals surface area contributed by atoms with Gasteiger partial charge in [-0.05, 0) is 63.0 Å². The fraction of sp³-hybridized carbons (Fsp3) is 0.480. The standard InChI is InChI=1S/C25H33FN8O/c26-24-18-16-33(14-13-32-11-3-4-12-32)30-20(18)8-9-22(24)34(31-21-6-2-1-5-19(21)27)23-10-7-17(15-29-23)25(28)35/h7-10,15-16,19,21,31H,1-6,11-14,27H2,(H2,28,35). The topological polar surface area (TPSA) is 118 Å². The third-order valence-electron chi connectivity index (χ3n) is 7.11. The van der Waals surface area contributed by atoms with E-state index in [0.717, 1.165) is 51.9 Å². The first kappa shape index (κ1) is 23.7. The van der Waals surface area contributed by atoms with E-state index < -0.39 is 5.91 Å². The molecule has 0 bridgehead atoms. The van der Waals surface area contributed by atoms with Gasteiger partial charge in [0.25, 0.3) is 0 Å². The molecule has 2 unspecified atom stereocenters. The highest BCUT2D eigenvalue weighted by Crippen LogP contribution is 2.31. The number of hydrazine groups is 1. The quantitative estimate of drug-likeness (QED) is 0.424. The Morgan fingerprint density at radius 1 is 1.11 bits per heavy atom. The average molecular weight is 481 g/mol. The van der Waals surface area contributed by atoms with Crippen LogP contribution in [-0.4, -0.2) is 57.3 Å². The van der Waals surface area contributed by atoms with Crippen molar-refractivity contribution in [3.05, 3.63) is 48.0 Å². The van der Waals surface area contributed by atoms with Crippen molar-refractivity contribution in [2.24, 2.45) is 11.5 Å². The van der Waals surface area contributed by atoms with Gasteiger partial charge in [0.1, 0.15) is 5.82 Å². The number of halogens is 1. The lowest BCUT2D eigenvalue weighted by atomic mass is 9.91. The number of benzene rings is 1. The maximum absolute atomic E-state index is 15.9. The molecule has 1 saturated heterocycles. The summed E-state index contributed by atoms with van der Waals surface area (Å²) < 4.78 is 17.8. The number of rotatable bonds is 8. The van der Waals surface area contributed by atoms with Gasteiger partial charge in [-0.2, -0.15) is 5.10 Å². The summed E-state index contributed by atoms with van der Waals surface area (Å²) in [5, 5.41) is 6.68. The molecule has 2 atom stereocenters. The predicted molar refractivity (Wildman–Crippen MR) is 134 cm³/mol. The van der Waals surface area contributed by atoms with E-state index in [1.54, 1.807) is 29.4 Å². The molecule has 1 saturated carbocycles. The van der Waals surface area contributed by atoms with Crippen LogP contribution in [0.4, 0.5) is 15.9 Å². The smallest absolute Gasteiger partial charge is 0.250 e. The van der Waals surface area contributed by atoms with Crippen molar-refractivity contribution in [2.75, 3.05) is 24.6 Å². The minimum Gasteiger partial charge on any atom is -0.366 e. The highest BCUT2D eigenvalue weighted by Gasteiger charge is 2.27. The first-order valence-electron chi connectivity index (χ1n) is 12.5. The summed E-state index contributed by atoms with van der Waals surface area (Å²) in [6.45, 7) is 3.86. The minimum absolute atomic E-state index is 0.0281. The minimum atomic E-state index is -0.563. The molecule has 2 fully saturated rings. The molecule has 5 rings (SSSR count). The third-order valence-corrected chi connectivity index (χ3v) is 7.11. The molecule has 5 N–H and O–H groups in total. The van der Waals surface area contributed by atoms with Gasteiger partial charge >= 0.3 is 0 Å². The predicted octanol–water partition coefficient (Wildman–Crippen LogP) is 2.68. The number of pyridine rings is 1. The molecule has 1 aliphatic heterocycles. The second kappa shape index (κ2) is 10.3. The molecule has 9 nitrogen and oxygen atoms in total. The number of hydrogen-bond donors (Lipinski definition) is 3. The van der Waals surface area contributed by atoms with Gasteiger partial charge < -0.3 is 16.4 Å². The number of nitrogens with one attached hydrogen (secondary N) is 1. The molecule has 1 amide bonds. The number of carbonyl (C=O) groups excluding carboxylic acids is 1. The Kier molecular flexibility index (Phi) is 6.94. The molecule has 1 aromatic carbocycles. The molecular weight excluding hydrogens is 447 g/mol. The maximum Gasteiger partial charge on any atom is 0.250 e. The van der Waals surface area contributed by atoms with Gasteiger partial charge in [0.05, 0.1) is 28.7 Å². The van der Waals surface area contributed by atoms with Crippen molar-refractivity contribution in [3.8, 4) is 0 Å². The number of nitrogens with two attached hydrogens (primary N) is 2. The summed E-state index contributed by atoms with van der Waals surface area (Å²) in [6.07, 6.45) is 9.58. The van der Waals surface area contributed by atoms with Crippen LogP contribution in [0.2, 0.25) is 0 Å². The van der Waals surface area contributed by atoms with Gasteiger partial charge in [0.2, 0.25) is 5.91 Å². The first-order chi connectivity index (χ1) is 17.0. The Balaban J connectivity index is 1.46. The molecule has 35 heavy (non-hydrogen) atoms. The van der Waals surface area contributed by atoms with Crippen molar-refractivity contribution in [1.29, 1.82) is 0 Å². The normalized spacial score (nSPS) is 21.0. The number of nitrogens with zero attached hydrogens (tertiary/aromatic N) is 5. The second-order valence-electron chi connectivity index (χ2n) is 9.56. The molecule has 2 aliphatic rings. The number of carbonyl (C=O) groups is 1. The lowest BCUT2D eigenvalue weighted by Crippen LogP contribution is -2.53. The summed E-state index contributed by atoms with van der Waals surface area (Å²) in [7, 11) is 0. The number of aromatic nitrogens is 3. The Morgan fingerprint density at radius 2 is 1.91 bits per heavy atom. The Labute approximate surface area is 204 Å². The van der Waals surface area contributed by atoms with Crippen LogP contribution >= 0.6 is 0 Å². The van der Waals surface area contributed by atoms with Crippen LogP contribution in [0.25, 0.3) is 10.9 Å². The number of hydrogen-bond acceptors (Lipinski definition) is 7. The lowest BCUT2D eigenvalue weighted by Gasteiger charge is -2.35. The third kappa shape index (κ3) is 5.14. The fourth-order valence-corrected chi connectivity index (χ4v) is 5.04. The number of amides is 1. The van der Waals surface area contributed by atoms with Crippen molar-refractivity contribution in [1.82, 2.24) is 25.1 Å². The SMILES string of the molecule is NC(=O)c1ccc(N(NC2CCCCC2N)c2ccc3nn(CCN4CCCC4)cc3c2F)nc1. The van der Waals surface area contributed by atoms with Crippen LogP contribution in [0.3, 0.4) is 0 Å². The van der Waals surface area contributed by atoms with Gasteiger partial charge in [-0.1, -0.05) is 12.8 Å². The lowest BCUT2D eigenvalue weighted by molar-refractivity contribution is 0.1000. The summed E-state index contributed by atoms with van der Waals surface area (Å²) in [6, 6.07) is 6.71. The van der Waals surface area contributed by atoms with E-state index in [-0.39, 0.29) is 17.9 Å². The number of primary amides is 1. The maximum atomic E-state index is 15.9. The summed E-state index contributed by atoms with van der Waals surface area (Å²) in [5.41, 5.74) is 16.4. The summed E-state index contributed by atoms with van der Waals surface area (Å²) in [4.78, 5) is 18.3. The van der Waals surface area contributed by atoms with Crippen LogP contribution in [0.15, 0.2) is 36.7 Å². The second-order valence-corrected chi connectivity index (χ2v) is 9.56. The molecular formula is C25H33FN8O. The van der Waals surface area contributed by atoms with E-state index >= 15 is 4.39 Å². The first-order valence-corrected chi connectivity index (χ1v) is 12.5. The number of likely N-dealkylation sites (tertiary alicyclic amines) is 1. The van der Waals surface area contributed by atoms with E-state index in [1.807, 2.05) is 10.7 Å². The van der Waals surface area contributed by atoms with Crippen LogP contribution < -0.4 is 21.9 Å². The average Bonchev–Trinajstić information content (AvgIpc) is 3.53. The monoisotopic (exact) mass is 480 g/mol. The fourth-order valence-electron chi connectivity index (χ4n) is 5.04. The van der Waals surface area contributed by atoms with E-state index in [1.165, 1.54) is 19.0 Å². The molecule has 1 aliphatic carbocycles. The van der Waals surface area contributed by atoms with Gasteiger partial charge in [-0.3, -0.25) is 14.5 Å². The molecule has 2 aromatic heterocycles. The number of fused-ring (bicyclic) bond motifs is 1. The Hall–Kier alpha value is -3.08. The zero-order valence-corrected chi connectivity index (χ0v) is 19.9. The Morgan fingerprint density at radius 3 is 2.63 bits per heavy atom. The van der Waals surface area contributed by atoms with E-state index in [4.69, 9.17) is 11.5 Å². The molecule has 186 valence electrons. The molecule has 0 spiro atoms. The highest BCUT2D eigenvalue weighted by molar-refractivity contribution is 5.92. The van der Waals surface area contributed by atoms with Crippen LogP contribution in [0, 0.1) is 5.82 Å². The zero-order valence-electron chi connectivity index (χ0n) is 19.9. The van der Waals surface area contributed by atoms with E-state index in [9.17, 15) is 4.79 Å².